The fourth-order valence-corrected chi connectivity index (χ4v) is 4.48. The van der Waals surface area contributed by atoms with Crippen LogP contribution in [0.2, 0.25) is 0 Å². The first-order valence-electron chi connectivity index (χ1n) is 8.93. The number of benzene rings is 1. The monoisotopic (exact) mass is 357 g/mol. The summed E-state index contributed by atoms with van der Waals surface area (Å²) < 4.78 is 1.27. The molecule has 4 aromatic rings. The maximum Gasteiger partial charge on any atom is 0.0812 e. The fraction of sp³-hybridized carbons (Fsp3) is 0.182. The molecule has 26 heavy (non-hydrogen) atoms. The molecule has 1 aliphatic rings. The van der Waals surface area contributed by atoms with Crippen LogP contribution in [-0.4, -0.2) is 21.4 Å². The van der Waals surface area contributed by atoms with Gasteiger partial charge < -0.3 is 0 Å². The molecule has 5 rings (SSSR count). The molecule has 0 saturated heterocycles. The highest BCUT2D eigenvalue weighted by Crippen LogP contribution is 2.32. The molecule has 0 bridgehead atoms. The second-order valence-electron chi connectivity index (χ2n) is 6.75. The van der Waals surface area contributed by atoms with Crippen molar-refractivity contribution >= 4 is 21.6 Å². The molecule has 1 aliphatic heterocycles. The Balaban J connectivity index is 1.33. The predicted molar refractivity (Wildman–Crippen MR) is 107 cm³/mol. The molecule has 4 heteroatoms. The summed E-state index contributed by atoms with van der Waals surface area (Å²) >= 11 is 1.75. The maximum absolute atomic E-state index is 4.79. The number of nitrogens with zero attached hydrogens (tertiary/aromatic N) is 3. The zero-order chi connectivity index (χ0) is 17.3. The van der Waals surface area contributed by atoms with Gasteiger partial charge in [-0.3, -0.25) is 14.9 Å². The quantitative estimate of drug-likeness (QED) is 0.519. The number of pyridine rings is 2. The topological polar surface area (TPSA) is 29.0 Å². The van der Waals surface area contributed by atoms with Gasteiger partial charge in [0, 0.05) is 44.1 Å². The van der Waals surface area contributed by atoms with Crippen LogP contribution in [0.1, 0.15) is 16.8 Å². The third kappa shape index (κ3) is 2.91. The Morgan fingerprint density at radius 1 is 0.962 bits per heavy atom. The van der Waals surface area contributed by atoms with Crippen molar-refractivity contribution < 1.29 is 0 Å². The van der Waals surface area contributed by atoms with Crippen molar-refractivity contribution in [3.8, 4) is 11.1 Å². The third-order valence-corrected chi connectivity index (χ3v) is 5.96. The van der Waals surface area contributed by atoms with Gasteiger partial charge in [-0.1, -0.05) is 18.2 Å². The van der Waals surface area contributed by atoms with Crippen LogP contribution >= 0.6 is 11.3 Å². The van der Waals surface area contributed by atoms with Gasteiger partial charge in [-0.15, -0.1) is 11.3 Å². The first-order valence-corrected chi connectivity index (χ1v) is 9.81. The molecule has 0 fully saturated rings. The molecule has 0 unspecified atom stereocenters. The van der Waals surface area contributed by atoms with E-state index in [1.165, 1.54) is 32.6 Å². The molecule has 4 heterocycles. The molecular weight excluding hydrogens is 338 g/mol. The van der Waals surface area contributed by atoms with E-state index in [9.17, 15) is 0 Å². The summed E-state index contributed by atoms with van der Waals surface area (Å²) in [5, 5.41) is 2.11. The third-order valence-electron chi connectivity index (χ3n) is 5.09. The summed E-state index contributed by atoms with van der Waals surface area (Å²) in [5.41, 5.74) is 7.80. The van der Waals surface area contributed by atoms with Crippen LogP contribution in [-0.2, 0) is 19.5 Å². The van der Waals surface area contributed by atoms with Crippen molar-refractivity contribution in [2.75, 3.05) is 6.54 Å². The van der Waals surface area contributed by atoms with Gasteiger partial charge in [-0.25, -0.2) is 0 Å². The van der Waals surface area contributed by atoms with Crippen LogP contribution in [0.4, 0.5) is 0 Å². The number of rotatable bonds is 4. The van der Waals surface area contributed by atoms with Crippen molar-refractivity contribution in [2.45, 2.75) is 19.5 Å². The Hall–Kier alpha value is -2.56. The highest BCUT2D eigenvalue weighted by atomic mass is 32.1. The molecule has 0 N–H and O–H groups in total. The first kappa shape index (κ1) is 15.7. The smallest absolute Gasteiger partial charge is 0.0812 e. The zero-order valence-corrected chi connectivity index (χ0v) is 15.2. The molecule has 0 saturated carbocycles. The van der Waals surface area contributed by atoms with Gasteiger partial charge in [0.2, 0.25) is 0 Å². The molecular formula is C22H19N3S. The summed E-state index contributed by atoms with van der Waals surface area (Å²) in [5.74, 6) is 0. The van der Waals surface area contributed by atoms with E-state index in [0.717, 1.165) is 31.6 Å². The zero-order valence-electron chi connectivity index (χ0n) is 14.4. The van der Waals surface area contributed by atoms with Crippen LogP contribution in [0.15, 0.2) is 66.3 Å². The van der Waals surface area contributed by atoms with Crippen LogP contribution in [0.3, 0.4) is 0 Å². The van der Waals surface area contributed by atoms with Crippen molar-refractivity contribution in [1.29, 1.82) is 0 Å². The highest BCUT2D eigenvalue weighted by molar-refractivity contribution is 7.17. The van der Waals surface area contributed by atoms with Gasteiger partial charge in [-0.05, 0) is 58.0 Å². The van der Waals surface area contributed by atoms with Crippen LogP contribution in [0.25, 0.3) is 21.3 Å². The van der Waals surface area contributed by atoms with E-state index in [-0.39, 0.29) is 0 Å². The lowest BCUT2D eigenvalue weighted by Gasteiger charge is -2.14. The molecule has 1 aromatic carbocycles. The Morgan fingerprint density at radius 2 is 1.88 bits per heavy atom. The highest BCUT2D eigenvalue weighted by Gasteiger charge is 2.21. The largest absolute Gasteiger partial charge is 0.294 e. The summed E-state index contributed by atoms with van der Waals surface area (Å²) in [6.45, 7) is 3.07. The molecule has 0 spiro atoms. The van der Waals surface area contributed by atoms with Crippen molar-refractivity contribution in [2.24, 2.45) is 0 Å². The minimum Gasteiger partial charge on any atom is -0.294 e. The van der Waals surface area contributed by atoms with Gasteiger partial charge in [0.05, 0.1) is 10.2 Å². The van der Waals surface area contributed by atoms with Gasteiger partial charge in [0.25, 0.3) is 0 Å². The summed E-state index contributed by atoms with van der Waals surface area (Å²) in [6.07, 6.45) is 4.73. The van der Waals surface area contributed by atoms with Gasteiger partial charge in [0.1, 0.15) is 0 Å². The number of aromatic nitrogens is 2. The Labute approximate surface area is 157 Å². The number of hydrogen-bond donors (Lipinski definition) is 0. The van der Waals surface area contributed by atoms with Gasteiger partial charge >= 0.3 is 0 Å². The number of fused-ring (bicyclic) bond motifs is 2. The molecule has 0 radical (unpaired) electrons. The molecule has 0 amide bonds. The normalized spacial score (nSPS) is 14.0. The van der Waals surface area contributed by atoms with Crippen LogP contribution in [0, 0.1) is 0 Å². The molecule has 0 aliphatic carbocycles. The van der Waals surface area contributed by atoms with E-state index in [4.69, 9.17) is 4.98 Å². The maximum atomic E-state index is 4.79. The summed E-state index contributed by atoms with van der Waals surface area (Å²) in [4.78, 5) is 11.5. The average molecular weight is 357 g/mol. The predicted octanol–water partition coefficient (Wildman–Crippen LogP) is 4.92. The van der Waals surface area contributed by atoms with Gasteiger partial charge in [-0.2, -0.15) is 0 Å². The van der Waals surface area contributed by atoms with Crippen molar-refractivity contribution in [3.63, 3.8) is 0 Å². The molecule has 0 atom stereocenters. The standard InChI is InChI=1S/C22H19N3S/c1-2-17-14-25(12-8-18-4-5-22-21(24-18)9-13-26-22)15-20(17)19(3-1)16-6-10-23-11-7-16/h1-7,9-11,13H,8,12,14-15H2. The first-order chi connectivity index (χ1) is 12.9. The molecule has 3 nitrogen and oxygen atoms in total. The number of thiophene rings is 1. The van der Waals surface area contributed by atoms with Crippen LogP contribution in [0.5, 0.6) is 0 Å². The Kier molecular flexibility index (Phi) is 4.00. The lowest BCUT2D eigenvalue weighted by Crippen LogP contribution is -2.19. The Bertz CT molecular complexity index is 1060. The Morgan fingerprint density at radius 3 is 2.81 bits per heavy atom. The lowest BCUT2D eigenvalue weighted by molar-refractivity contribution is 0.287. The fourth-order valence-electron chi connectivity index (χ4n) is 3.76. The van der Waals surface area contributed by atoms with E-state index >= 15 is 0 Å². The lowest BCUT2D eigenvalue weighted by atomic mass is 9.98. The van der Waals surface area contributed by atoms with E-state index < -0.39 is 0 Å². The average Bonchev–Trinajstić information content (AvgIpc) is 3.32. The summed E-state index contributed by atoms with van der Waals surface area (Å²) in [7, 11) is 0. The number of hydrogen-bond acceptors (Lipinski definition) is 4. The summed E-state index contributed by atoms with van der Waals surface area (Å²) in [6, 6.07) is 17.3. The molecule has 3 aromatic heterocycles. The van der Waals surface area contributed by atoms with E-state index in [0.29, 0.717) is 0 Å². The molecule has 128 valence electrons. The second kappa shape index (κ2) is 6.63. The van der Waals surface area contributed by atoms with E-state index in [1.54, 1.807) is 11.3 Å². The van der Waals surface area contributed by atoms with Crippen molar-refractivity contribution in [3.05, 3.63) is 83.1 Å². The minimum absolute atomic E-state index is 0.990. The minimum atomic E-state index is 0.990. The van der Waals surface area contributed by atoms with Crippen molar-refractivity contribution in [1.82, 2.24) is 14.9 Å². The van der Waals surface area contributed by atoms with E-state index in [1.807, 2.05) is 12.4 Å². The van der Waals surface area contributed by atoms with E-state index in [2.05, 4.69) is 63.8 Å². The second-order valence-corrected chi connectivity index (χ2v) is 7.69. The van der Waals surface area contributed by atoms with Gasteiger partial charge in [0.15, 0.2) is 0 Å². The van der Waals surface area contributed by atoms with Crippen LogP contribution < -0.4 is 0 Å². The SMILES string of the molecule is c1cc2c(c(-c3ccncc3)c1)CN(CCc1ccc3sccc3n1)C2.